The van der Waals surface area contributed by atoms with Gasteiger partial charge in [0.25, 0.3) is 0 Å². The Morgan fingerprint density at radius 3 is 1.70 bits per heavy atom. The predicted molar refractivity (Wildman–Crippen MR) is 233 cm³/mol. The molecule has 0 radical (unpaired) electrons. The highest BCUT2D eigenvalue weighted by molar-refractivity contribution is 5.84. The molecule has 2 N–H and O–H groups in total. The molecule has 61 heavy (non-hydrogen) atoms. The molecule has 11 nitrogen and oxygen atoms in total. The molecular weight excluding hydrogens is 773 g/mol. The van der Waals surface area contributed by atoms with Crippen molar-refractivity contribution in [1.29, 1.82) is 0 Å². The van der Waals surface area contributed by atoms with Gasteiger partial charge in [0, 0.05) is 11.1 Å². The van der Waals surface area contributed by atoms with Crippen molar-refractivity contribution in [2.24, 2.45) is 17.3 Å². The quantitative estimate of drug-likeness (QED) is 0.0497. The number of ether oxygens (including phenoxy) is 5. The normalized spacial score (nSPS) is 18.6. The van der Waals surface area contributed by atoms with Gasteiger partial charge in [0.05, 0.1) is 41.1 Å². The van der Waals surface area contributed by atoms with Gasteiger partial charge in [0.2, 0.25) is 0 Å². The lowest BCUT2D eigenvalue weighted by Gasteiger charge is -2.25. The van der Waals surface area contributed by atoms with E-state index in [9.17, 15) is 19.8 Å². The van der Waals surface area contributed by atoms with Crippen molar-refractivity contribution in [3.63, 3.8) is 0 Å². The van der Waals surface area contributed by atoms with E-state index in [1.165, 1.54) is 6.08 Å². The molecule has 0 aliphatic carbocycles. The lowest BCUT2D eigenvalue weighted by atomic mass is 9.86. The van der Waals surface area contributed by atoms with Crippen LogP contribution in [-0.2, 0) is 23.8 Å². The Morgan fingerprint density at radius 2 is 1.20 bits per heavy atom. The van der Waals surface area contributed by atoms with Crippen molar-refractivity contribution >= 4 is 18.0 Å². The van der Waals surface area contributed by atoms with Gasteiger partial charge in [-0.1, -0.05) is 88.4 Å². The van der Waals surface area contributed by atoms with Crippen LogP contribution in [0.2, 0.25) is 0 Å². The fraction of sp³-hybridized carbons (Fsp3) is 0.320. The number of aromatic nitrogens is 2. The molecule has 0 spiro atoms. The zero-order chi connectivity index (χ0) is 43.4. The Hall–Kier alpha value is -6.14. The summed E-state index contributed by atoms with van der Waals surface area (Å²) in [5, 5.41) is 20.9. The zero-order valence-corrected chi connectivity index (χ0v) is 35.1. The number of carbonyl (C=O) groups excluding carboxylic acids is 2. The maximum absolute atomic E-state index is 13.8. The first-order valence-electron chi connectivity index (χ1n) is 20.6. The Bertz CT molecular complexity index is 2240. The highest BCUT2D eigenvalue weighted by Gasteiger charge is 2.51. The number of aliphatic hydroxyl groups excluding tert-OH is 2. The van der Waals surface area contributed by atoms with Crippen LogP contribution in [0.15, 0.2) is 134 Å². The molecule has 0 unspecified atom stereocenters. The van der Waals surface area contributed by atoms with Crippen LogP contribution in [0.4, 0.5) is 0 Å². The highest BCUT2D eigenvalue weighted by atomic mass is 16.6. The molecule has 6 atom stereocenters. The first kappa shape index (κ1) is 44.4. The molecule has 0 saturated carbocycles. The van der Waals surface area contributed by atoms with Crippen molar-refractivity contribution in [3.8, 4) is 34.0 Å². The molecule has 1 aliphatic rings. The molecule has 0 bridgehead atoms. The zero-order valence-electron chi connectivity index (χ0n) is 35.1. The summed E-state index contributed by atoms with van der Waals surface area (Å²) in [5.74, 6) is -2.16. The lowest BCUT2D eigenvalue weighted by molar-refractivity contribution is -0.160. The van der Waals surface area contributed by atoms with Gasteiger partial charge in [0.1, 0.15) is 55.9 Å². The third-order valence-electron chi connectivity index (χ3n) is 10.3. The van der Waals surface area contributed by atoms with Crippen LogP contribution >= 0.6 is 0 Å². The summed E-state index contributed by atoms with van der Waals surface area (Å²) >= 11 is 0. The molecule has 2 aromatic heterocycles. The number of nitrogens with zero attached hydrogens (tertiary/aromatic N) is 2. The number of carbonyl (C=O) groups is 2. The minimum absolute atomic E-state index is 0.0680. The van der Waals surface area contributed by atoms with Gasteiger partial charge < -0.3 is 33.9 Å². The molecule has 0 amide bonds. The van der Waals surface area contributed by atoms with Gasteiger partial charge in [-0.05, 0) is 90.2 Å². The van der Waals surface area contributed by atoms with Gasteiger partial charge in [-0.15, -0.1) is 6.58 Å². The minimum atomic E-state index is -1.02. The van der Waals surface area contributed by atoms with E-state index in [0.29, 0.717) is 29.3 Å². The van der Waals surface area contributed by atoms with E-state index in [-0.39, 0.29) is 31.8 Å². The molecule has 1 saturated heterocycles. The number of pyridine rings is 2. The smallest absolute Gasteiger partial charge is 0.313 e. The molecule has 3 heterocycles. The van der Waals surface area contributed by atoms with E-state index >= 15 is 0 Å². The van der Waals surface area contributed by atoms with E-state index in [2.05, 4.69) is 16.5 Å². The van der Waals surface area contributed by atoms with Crippen LogP contribution < -0.4 is 9.47 Å². The van der Waals surface area contributed by atoms with Crippen LogP contribution in [0.25, 0.3) is 28.6 Å². The van der Waals surface area contributed by atoms with E-state index in [0.717, 1.165) is 28.1 Å². The topological polar surface area (TPSA) is 147 Å². The van der Waals surface area contributed by atoms with Gasteiger partial charge >= 0.3 is 11.9 Å². The molecule has 1 aliphatic heterocycles. The summed E-state index contributed by atoms with van der Waals surface area (Å²) in [5.41, 5.74) is 4.95. The summed E-state index contributed by atoms with van der Waals surface area (Å²) in [4.78, 5) is 36.8. The van der Waals surface area contributed by atoms with Crippen LogP contribution in [-0.4, -0.2) is 70.8 Å². The molecule has 3 aromatic carbocycles. The SMILES string of the molecule is C=C[C@H]1O[C@@H](C=Cc2ccccc2)[C@H](C(=O)OCCOc2ccc(-c3cccc([C@H](O)CC)n3)cc2)[C@@H]1C(=O)OCCOc1ccc(-c2cccc([C@H](O)C(C)(C)C)n2)cc1. The Balaban J connectivity index is 1.05. The number of hydrogen-bond donors (Lipinski definition) is 2. The lowest BCUT2D eigenvalue weighted by Crippen LogP contribution is -2.37. The summed E-state index contributed by atoms with van der Waals surface area (Å²) < 4.78 is 29.3. The second kappa shape index (κ2) is 20.9. The summed E-state index contributed by atoms with van der Waals surface area (Å²) in [7, 11) is 0. The maximum Gasteiger partial charge on any atom is 0.313 e. The van der Waals surface area contributed by atoms with E-state index in [1.807, 2.05) is 119 Å². The first-order chi connectivity index (χ1) is 29.4. The van der Waals surface area contributed by atoms with Crippen molar-refractivity contribution in [2.75, 3.05) is 26.4 Å². The first-order valence-corrected chi connectivity index (χ1v) is 20.6. The van der Waals surface area contributed by atoms with Crippen molar-refractivity contribution in [1.82, 2.24) is 9.97 Å². The van der Waals surface area contributed by atoms with Crippen LogP contribution in [0.3, 0.4) is 0 Å². The van der Waals surface area contributed by atoms with Gasteiger partial charge in [-0.25, -0.2) is 0 Å². The average molecular weight is 827 g/mol. The average Bonchev–Trinajstić information content (AvgIpc) is 3.67. The van der Waals surface area contributed by atoms with E-state index in [1.54, 1.807) is 36.4 Å². The van der Waals surface area contributed by atoms with Crippen molar-refractivity contribution in [2.45, 2.75) is 58.5 Å². The number of esters is 2. The summed E-state index contributed by atoms with van der Waals surface area (Å²) in [6.07, 6.45) is 2.72. The van der Waals surface area contributed by atoms with E-state index < -0.39 is 48.2 Å². The molecule has 11 heteroatoms. The molecule has 1 fully saturated rings. The van der Waals surface area contributed by atoms with Crippen LogP contribution in [0.1, 0.15) is 63.3 Å². The van der Waals surface area contributed by atoms with Gasteiger partial charge in [-0.3, -0.25) is 19.6 Å². The van der Waals surface area contributed by atoms with Gasteiger partial charge in [-0.2, -0.15) is 0 Å². The number of benzene rings is 3. The van der Waals surface area contributed by atoms with Crippen molar-refractivity contribution in [3.05, 3.63) is 151 Å². The molecule has 318 valence electrons. The van der Waals surface area contributed by atoms with Crippen LogP contribution in [0, 0.1) is 17.3 Å². The Kier molecular flexibility index (Phi) is 15.2. The predicted octanol–water partition coefficient (Wildman–Crippen LogP) is 8.78. The fourth-order valence-electron chi connectivity index (χ4n) is 6.91. The number of aliphatic hydroxyl groups is 2. The third kappa shape index (κ3) is 11.8. The Morgan fingerprint density at radius 1 is 0.689 bits per heavy atom. The summed E-state index contributed by atoms with van der Waals surface area (Å²) in [6, 6.07) is 35.4. The molecule has 5 aromatic rings. The monoisotopic (exact) mass is 826 g/mol. The standard InChI is InChI=1S/C50H54N2O9/c1-6-42(53)40-17-11-15-38(51-40)34-20-24-36(25-21-34)58-30-32-60-49(56)46-44(28-19-33-13-9-8-10-14-33)61-43(7-2)45(46)48(55)59-31-29-57-37-26-22-35(23-27-37)39-16-12-18-41(52-39)47(54)50(3,4)5/h7-28,42-47,53-54H,2,6,29-32H2,1,3-5H3/t42-,43-,44+,45-,46+,47+/m1/s1. The third-order valence-corrected chi connectivity index (χ3v) is 10.3. The molecule has 6 rings (SSSR count). The maximum atomic E-state index is 13.8. The van der Waals surface area contributed by atoms with Gasteiger partial charge in [0.15, 0.2) is 0 Å². The fourth-order valence-corrected chi connectivity index (χ4v) is 6.91. The second-order valence-corrected chi connectivity index (χ2v) is 15.8. The Labute approximate surface area is 357 Å². The second-order valence-electron chi connectivity index (χ2n) is 15.8. The summed E-state index contributed by atoms with van der Waals surface area (Å²) in [6.45, 7) is 11.7. The minimum Gasteiger partial charge on any atom is -0.490 e. The highest BCUT2D eigenvalue weighted by Crippen LogP contribution is 2.37. The van der Waals surface area contributed by atoms with E-state index in [4.69, 9.17) is 23.7 Å². The molecular formula is C50H54N2O9. The van der Waals surface area contributed by atoms with Crippen LogP contribution in [0.5, 0.6) is 11.5 Å². The number of rotatable bonds is 18. The number of hydrogen-bond acceptors (Lipinski definition) is 11. The largest absolute Gasteiger partial charge is 0.490 e. The van der Waals surface area contributed by atoms with Crippen molar-refractivity contribution < 1.29 is 43.5 Å².